The first-order valence-electron chi connectivity index (χ1n) is 6.79. The van der Waals surface area contributed by atoms with Crippen molar-refractivity contribution in [3.8, 4) is 0 Å². The van der Waals surface area contributed by atoms with Gasteiger partial charge < -0.3 is 10.5 Å². The number of hydrogen-bond donors (Lipinski definition) is 3. The summed E-state index contributed by atoms with van der Waals surface area (Å²) in [5.41, 5.74) is 3.44. The lowest BCUT2D eigenvalue weighted by atomic mass is 9.91. The second-order valence-electron chi connectivity index (χ2n) is 5.29. The van der Waals surface area contributed by atoms with Crippen molar-refractivity contribution in [1.82, 2.24) is 14.9 Å². The Kier molecular flexibility index (Phi) is 4.68. The predicted octanol–water partition coefficient (Wildman–Crippen LogP) is 0.806. The Bertz CT molecular complexity index is 425. The molecule has 2 unspecified atom stereocenters. The zero-order valence-corrected chi connectivity index (χ0v) is 11.6. The standard InChI is InChI=1S/C13H23N5O/c1-9-7-12(17-14)16-13(15-9)8-18(2)10-5-3-4-6-11(10)19/h7,10-11,19H,3-6,8,14H2,1-2H3,(H,15,16,17). The van der Waals surface area contributed by atoms with Gasteiger partial charge in [0.05, 0.1) is 12.6 Å². The van der Waals surface area contributed by atoms with Crippen LogP contribution in [-0.4, -0.2) is 39.2 Å². The van der Waals surface area contributed by atoms with Crippen LogP contribution in [0.3, 0.4) is 0 Å². The summed E-state index contributed by atoms with van der Waals surface area (Å²) in [6, 6.07) is 2.01. The van der Waals surface area contributed by atoms with E-state index in [4.69, 9.17) is 5.84 Å². The molecule has 1 heterocycles. The van der Waals surface area contributed by atoms with Crippen LogP contribution in [0.4, 0.5) is 5.82 Å². The first-order valence-corrected chi connectivity index (χ1v) is 6.79. The summed E-state index contributed by atoms with van der Waals surface area (Å²) in [4.78, 5) is 10.9. The maximum Gasteiger partial charge on any atom is 0.145 e. The highest BCUT2D eigenvalue weighted by Crippen LogP contribution is 2.23. The molecule has 1 aromatic heterocycles. The molecule has 1 aromatic rings. The van der Waals surface area contributed by atoms with Crippen LogP contribution in [0, 0.1) is 6.92 Å². The van der Waals surface area contributed by atoms with E-state index in [1.54, 1.807) is 6.07 Å². The third-order valence-electron chi connectivity index (χ3n) is 3.70. The molecule has 0 bridgehead atoms. The topological polar surface area (TPSA) is 87.3 Å². The normalized spacial score (nSPS) is 23.6. The SMILES string of the molecule is Cc1cc(NN)nc(CN(C)C2CCCCC2O)n1. The molecule has 1 aliphatic carbocycles. The van der Waals surface area contributed by atoms with Crippen LogP contribution in [0.25, 0.3) is 0 Å². The highest BCUT2D eigenvalue weighted by atomic mass is 16.3. The number of aromatic nitrogens is 2. The summed E-state index contributed by atoms with van der Waals surface area (Å²) in [6.45, 7) is 2.54. The van der Waals surface area contributed by atoms with Crippen molar-refractivity contribution in [2.24, 2.45) is 5.84 Å². The molecule has 6 heteroatoms. The van der Waals surface area contributed by atoms with Gasteiger partial charge in [-0.25, -0.2) is 15.8 Å². The molecule has 0 aliphatic heterocycles. The van der Waals surface area contributed by atoms with Crippen molar-refractivity contribution in [1.29, 1.82) is 0 Å². The average molecular weight is 265 g/mol. The number of aliphatic hydroxyl groups is 1. The van der Waals surface area contributed by atoms with Gasteiger partial charge in [-0.1, -0.05) is 12.8 Å². The van der Waals surface area contributed by atoms with Gasteiger partial charge in [-0.2, -0.15) is 0 Å². The van der Waals surface area contributed by atoms with E-state index in [0.717, 1.165) is 30.8 Å². The van der Waals surface area contributed by atoms with Crippen LogP contribution in [0.15, 0.2) is 6.07 Å². The molecule has 0 amide bonds. The van der Waals surface area contributed by atoms with E-state index in [2.05, 4.69) is 20.3 Å². The van der Waals surface area contributed by atoms with Crippen molar-refractivity contribution >= 4 is 5.82 Å². The first-order chi connectivity index (χ1) is 9.10. The van der Waals surface area contributed by atoms with Gasteiger partial charge in [-0.3, -0.25) is 4.90 Å². The minimum atomic E-state index is -0.240. The molecule has 1 fully saturated rings. The molecule has 6 nitrogen and oxygen atoms in total. The monoisotopic (exact) mass is 265 g/mol. The minimum absolute atomic E-state index is 0.201. The van der Waals surface area contributed by atoms with E-state index in [-0.39, 0.29) is 12.1 Å². The van der Waals surface area contributed by atoms with Crippen molar-refractivity contribution in [3.63, 3.8) is 0 Å². The van der Waals surface area contributed by atoms with Gasteiger partial charge in [0, 0.05) is 17.8 Å². The molecule has 1 saturated carbocycles. The first kappa shape index (κ1) is 14.2. The summed E-state index contributed by atoms with van der Waals surface area (Å²) >= 11 is 0. The Hall–Kier alpha value is -1.24. The number of likely N-dealkylation sites (N-methyl/N-ethyl adjacent to an activating group) is 1. The van der Waals surface area contributed by atoms with Crippen molar-refractivity contribution in [2.45, 2.75) is 51.3 Å². The number of nitrogens with two attached hydrogens (primary N) is 1. The molecular weight excluding hydrogens is 242 g/mol. The Labute approximate surface area is 114 Å². The van der Waals surface area contributed by atoms with Crippen LogP contribution in [-0.2, 0) is 6.54 Å². The van der Waals surface area contributed by atoms with E-state index in [1.165, 1.54) is 6.42 Å². The number of nitrogens with one attached hydrogen (secondary N) is 1. The molecule has 0 spiro atoms. The van der Waals surface area contributed by atoms with Crippen LogP contribution in [0.1, 0.15) is 37.2 Å². The van der Waals surface area contributed by atoms with Crippen LogP contribution in [0.5, 0.6) is 0 Å². The molecule has 2 rings (SSSR count). The second kappa shape index (κ2) is 6.27. The Morgan fingerprint density at radius 3 is 2.84 bits per heavy atom. The predicted molar refractivity (Wildman–Crippen MR) is 74.3 cm³/mol. The Morgan fingerprint density at radius 1 is 1.42 bits per heavy atom. The summed E-state index contributed by atoms with van der Waals surface area (Å²) in [5, 5.41) is 10.1. The number of nitrogens with zero attached hydrogens (tertiary/aromatic N) is 3. The number of anilines is 1. The van der Waals surface area contributed by atoms with Crippen molar-refractivity contribution in [3.05, 3.63) is 17.6 Å². The smallest absolute Gasteiger partial charge is 0.145 e. The Morgan fingerprint density at radius 2 is 2.16 bits per heavy atom. The maximum atomic E-state index is 10.1. The van der Waals surface area contributed by atoms with E-state index in [1.807, 2.05) is 14.0 Å². The van der Waals surface area contributed by atoms with Gasteiger partial charge in [-0.05, 0) is 26.8 Å². The second-order valence-corrected chi connectivity index (χ2v) is 5.29. The van der Waals surface area contributed by atoms with Crippen LogP contribution >= 0.6 is 0 Å². The van der Waals surface area contributed by atoms with Crippen LogP contribution in [0.2, 0.25) is 0 Å². The summed E-state index contributed by atoms with van der Waals surface area (Å²) in [6.07, 6.45) is 3.98. The quantitative estimate of drug-likeness (QED) is 0.551. The molecule has 0 aromatic carbocycles. The average Bonchev–Trinajstić information content (AvgIpc) is 2.38. The zero-order valence-electron chi connectivity index (χ0n) is 11.6. The molecular formula is C13H23N5O. The van der Waals surface area contributed by atoms with E-state index in [9.17, 15) is 5.11 Å². The maximum absolute atomic E-state index is 10.1. The fourth-order valence-corrected chi connectivity index (χ4v) is 2.72. The molecule has 0 saturated heterocycles. The largest absolute Gasteiger partial charge is 0.391 e. The molecule has 19 heavy (non-hydrogen) atoms. The number of hydrogen-bond acceptors (Lipinski definition) is 6. The molecule has 1 aliphatic rings. The third kappa shape index (κ3) is 3.62. The van der Waals surface area contributed by atoms with Gasteiger partial charge in [0.1, 0.15) is 11.6 Å². The van der Waals surface area contributed by atoms with Gasteiger partial charge in [0.15, 0.2) is 0 Å². The molecule has 4 N–H and O–H groups in total. The fourth-order valence-electron chi connectivity index (χ4n) is 2.72. The lowest BCUT2D eigenvalue weighted by Crippen LogP contribution is -2.43. The number of aliphatic hydroxyl groups excluding tert-OH is 1. The number of nitrogen functional groups attached to an aromatic ring is 1. The summed E-state index contributed by atoms with van der Waals surface area (Å²) in [7, 11) is 2.01. The Balaban J connectivity index is 2.05. The highest BCUT2D eigenvalue weighted by Gasteiger charge is 2.26. The van der Waals surface area contributed by atoms with Crippen LogP contribution < -0.4 is 11.3 Å². The number of aryl methyl sites for hydroxylation is 1. The van der Waals surface area contributed by atoms with E-state index >= 15 is 0 Å². The number of rotatable bonds is 4. The molecule has 0 radical (unpaired) electrons. The fraction of sp³-hybridized carbons (Fsp3) is 0.692. The van der Waals surface area contributed by atoms with Gasteiger partial charge >= 0.3 is 0 Å². The summed E-state index contributed by atoms with van der Waals surface area (Å²) < 4.78 is 0. The van der Waals surface area contributed by atoms with E-state index in [0.29, 0.717) is 12.4 Å². The zero-order chi connectivity index (χ0) is 13.8. The van der Waals surface area contributed by atoms with Gasteiger partial charge in [0.25, 0.3) is 0 Å². The third-order valence-corrected chi connectivity index (χ3v) is 3.70. The number of hydrazine groups is 1. The summed E-state index contributed by atoms with van der Waals surface area (Å²) in [5.74, 6) is 6.74. The van der Waals surface area contributed by atoms with Gasteiger partial charge in [0.2, 0.25) is 0 Å². The lowest BCUT2D eigenvalue weighted by Gasteiger charge is -2.34. The van der Waals surface area contributed by atoms with Crippen molar-refractivity contribution in [2.75, 3.05) is 12.5 Å². The molecule has 106 valence electrons. The highest BCUT2D eigenvalue weighted by molar-refractivity contribution is 5.33. The minimum Gasteiger partial charge on any atom is -0.391 e. The van der Waals surface area contributed by atoms with Crippen molar-refractivity contribution < 1.29 is 5.11 Å². The molecule has 2 atom stereocenters. The van der Waals surface area contributed by atoms with E-state index < -0.39 is 0 Å². The van der Waals surface area contributed by atoms with Gasteiger partial charge in [-0.15, -0.1) is 0 Å². The lowest BCUT2D eigenvalue weighted by molar-refractivity contribution is 0.0278.